The quantitative estimate of drug-likeness (QED) is 0.706. The third-order valence-corrected chi connectivity index (χ3v) is 3.42. The number of hydrogen-bond acceptors (Lipinski definition) is 3. The van der Waals surface area contributed by atoms with Crippen LogP contribution in [0, 0.1) is 5.92 Å². The highest BCUT2D eigenvalue weighted by atomic mass is 19.4. The van der Waals surface area contributed by atoms with Gasteiger partial charge in [-0.15, -0.1) is 13.2 Å². The number of amides is 3. The fraction of sp³-hybridized carbons (Fsp3) is 0.467. The summed E-state index contributed by atoms with van der Waals surface area (Å²) in [5.41, 5.74) is 5.65. The Morgan fingerprint density at radius 3 is 2.29 bits per heavy atom. The fourth-order valence-electron chi connectivity index (χ4n) is 1.96. The van der Waals surface area contributed by atoms with Crippen LogP contribution in [0.25, 0.3) is 0 Å². The standard InChI is InChI=1S/C15H20F3N3O3/c1-3-9(2)12(21-14(19)23)13(22)20-8-10-4-6-11(7-5-10)24-15(16,17)18/h4-7,9,12H,3,8H2,1-2H3,(H,20,22)(H3,19,21,23)/t9-,12+/m0/s1. The van der Waals surface area contributed by atoms with E-state index < -0.39 is 24.3 Å². The molecule has 0 aromatic heterocycles. The Morgan fingerprint density at radius 1 is 1.25 bits per heavy atom. The number of halogens is 3. The molecular formula is C15H20F3N3O3. The summed E-state index contributed by atoms with van der Waals surface area (Å²) in [5.74, 6) is -0.885. The third kappa shape index (κ3) is 6.76. The second-order valence-corrected chi connectivity index (χ2v) is 5.28. The van der Waals surface area contributed by atoms with Crippen molar-refractivity contribution in [2.75, 3.05) is 0 Å². The number of alkyl halides is 3. The normalized spacial score (nSPS) is 13.7. The molecule has 0 spiro atoms. The van der Waals surface area contributed by atoms with Crippen LogP contribution in [0.2, 0.25) is 0 Å². The first kappa shape index (κ1) is 19.6. The SMILES string of the molecule is CC[C@H](C)[C@@H](NC(N)=O)C(=O)NCc1ccc(OC(F)(F)F)cc1. The van der Waals surface area contributed by atoms with Crippen LogP contribution >= 0.6 is 0 Å². The van der Waals surface area contributed by atoms with Crippen LogP contribution in [0.1, 0.15) is 25.8 Å². The molecule has 0 heterocycles. The Balaban J connectivity index is 2.63. The minimum Gasteiger partial charge on any atom is -0.406 e. The van der Waals surface area contributed by atoms with Gasteiger partial charge in [-0.1, -0.05) is 32.4 Å². The molecule has 9 heteroatoms. The van der Waals surface area contributed by atoms with Gasteiger partial charge in [0.05, 0.1) is 0 Å². The highest BCUT2D eigenvalue weighted by Gasteiger charge is 2.31. The summed E-state index contributed by atoms with van der Waals surface area (Å²) in [6, 6.07) is 3.54. The first-order valence-corrected chi connectivity index (χ1v) is 7.30. The molecule has 0 saturated heterocycles. The van der Waals surface area contributed by atoms with Crippen LogP contribution in [0.5, 0.6) is 5.75 Å². The summed E-state index contributed by atoms with van der Waals surface area (Å²) in [6.07, 6.45) is -4.10. The molecule has 0 aliphatic carbocycles. The van der Waals surface area contributed by atoms with E-state index in [0.717, 1.165) is 12.1 Å². The van der Waals surface area contributed by atoms with Crippen LogP contribution in [-0.4, -0.2) is 24.3 Å². The molecule has 0 fully saturated rings. The van der Waals surface area contributed by atoms with Crippen molar-refractivity contribution in [2.24, 2.45) is 11.7 Å². The van der Waals surface area contributed by atoms with E-state index in [9.17, 15) is 22.8 Å². The monoisotopic (exact) mass is 347 g/mol. The molecule has 0 aliphatic rings. The summed E-state index contributed by atoms with van der Waals surface area (Å²) >= 11 is 0. The number of carbonyl (C=O) groups is 2. The summed E-state index contributed by atoms with van der Waals surface area (Å²) in [4.78, 5) is 23.1. The zero-order valence-electron chi connectivity index (χ0n) is 13.3. The number of nitrogens with two attached hydrogens (primary N) is 1. The molecule has 1 aromatic carbocycles. The average Bonchev–Trinajstić information content (AvgIpc) is 2.49. The predicted octanol–water partition coefficient (Wildman–Crippen LogP) is 2.28. The Labute approximate surface area is 137 Å². The first-order chi connectivity index (χ1) is 11.1. The lowest BCUT2D eigenvalue weighted by Crippen LogP contribution is -2.51. The lowest BCUT2D eigenvalue weighted by Gasteiger charge is -2.22. The maximum atomic E-state index is 12.2. The van der Waals surface area contributed by atoms with Gasteiger partial charge in [0, 0.05) is 6.54 Å². The molecule has 2 atom stereocenters. The zero-order valence-corrected chi connectivity index (χ0v) is 13.3. The highest BCUT2D eigenvalue weighted by Crippen LogP contribution is 2.22. The number of rotatable bonds is 7. The van der Waals surface area contributed by atoms with Gasteiger partial charge < -0.3 is 21.1 Å². The molecule has 134 valence electrons. The fourth-order valence-corrected chi connectivity index (χ4v) is 1.96. The topological polar surface area (TPSA) is 93.5 Å². The van der Waals surface area contributed by atoms with E-state index in [4.69, 9.17) is 5.73 Å². The van der Waals surface area contributed by atoms with E-state index in [1.807, 2.05) is 6.92 Å². The van der Waals surface area contributed by atoms with Gasteiger partial charge >= 0.3 is 12.4 Å². The van der Waals surface area contributed by atoms with Crippen molar-refractivity contribution in [2.45, 2.75) is 39.2 Å². The number of hydrogen-bond donors (Lipinski definition) is 3. The van der Waals surface area contributed by atoms with Gasteiger partial charge in [0.15, 0.2) is 0 Å². The van der Waals surface area contributed by atoms with E-state index in [1.165, 1.54) is 12.1 Å². The Kier molecular flexibility index (Phi) is 6.87. The zero-order chi connectivity index (χ0) is 18.3. The van der Waals surface area contributed by atoms with Gasteiger partial charge in [0.2, 0.25) is 5.91 Å². The molecule has 0 saturated carbocycles. The Bertz CT molecular complexity index is 561. The maximum absolute atomic E-state index is 12.2. The van der Waals surface area contributed by atoms with Gasteiger partial charge in [-0.25, -0.2) is 4.79 Å². The lowest BCUT2D eigenvalue weighted by molar-refractivity contribution is -0.274. The van der Waals surface area contributed by atoms with Crippen molar-refractivity contribution in [1.29, 1.82) is 0 Å². The molecule has 6 nitrogen and oxygen atoms in total. The minimum absolute atomic E-state index is 0.0957. The Morgan fingerprint density at radius 2 is 1.83 bits per heavy atom. The maximum Gasteiger partial charge on any atom is 0.573 e. The summed E-state index contributed by atoms with van der Waals surface area (Å²) in [6.45, 7) is 3.76. The van der Waals surface area contributed by atoms with Crippen molar-refractivity contribution >= 4 is 11.9 Å². The summed E-state index contributed by atoms with van der Waals surface area (Å²) < 4.78 is 40.0. The average molecular weight is 347 g/mol. The molecule has 24 heavy (non-hydrogen) atoms. The number of ether oxygens (including phenoxy) is 1. The van der Waals surface area contributed by atoms with Crippen LogP contribution in [0.3, 0.4) is 0 Å². The van der Waals surface area contributed by atoms with Gasteiger partial charge in [-0.3, -0.25) is 4.79 Å². The second kappa shape index (κ2) is 8.42. The second-order valence-electron chi connectivity index (χ2n) is 5.28. The minimum atomic E-state index is -4.75. The lowest BCUT2D eigenvalue weighted by atomic mass is 9.98. The van der Waals surface area contributed by atoms with Gasteiger partial charge in [0.1, 0.15) is 11.8 Å². The smallest absolute Gasteiger partial charge is 0.406 e. The van der Waals surface area contributed by atoms with Crippen molar-refractivity contribution in [3.63, 3.8) is 0 Å². The van der Waals surface area contributed by atoms with Gasteiger partial charge in [0.25, 0.3) is 0 Å². The molecular weight excluding hydrogens is 327 g/mol. The summed E-state index contributed by atoms with van der Waals surface area (Å²) in [5, 5.41) is 5.00. The largest absolute Gasteiger partial charge is 0.573 e. The summed E-state index contributed by atoms with van der Waals surface area (Å²) in [7, 11) is 0. The molecule has 4 N–H and O–H groups in total. The first-order valence-electron chi connectivity index (χ1n) is 7.30. The molecule has 0 unspecified atom stereocenters. The van der Waals surface area contributed by atoms with E-state index in [1.54, 1.807) is 6.92 Å². The van der Waals surface area contributed by atoms with Crippen molar-refractivity contribution in [1.82, 2.24) is 10.6 Å². The molecule has 1 aromatic rings. The van der Waals surface area contributed by atoms with E-state index in [2.05, 4.69) is 15.4 Å². The number of carbonyl (C=O) groups excluding carboxylic acids is 2. The van der Waals surface area contributed by atoms with Crippen LogP contribution in [-0.2, 0) is 11.3 Å². The predicted molar refractivity (Wildman–Crippen MR) is 80.9 cm³/mol. The van der Waals surface area contributed by atoms with Crippen LogP contribution in [0.15, 0.2) is 24.3 Å². The van der Waals surface area contributed by atoms with Crippen molar-refractivity contribution < 1.29 is 27.5 Å². The Hall–Kier alpha value is -2.45. The molecule has 0 bridgehead atoms. The van der Waals surface area contributed by atoms with Gasteiger partial charge in [-0.05, 0) is 23.6 Å². The number of primary amides is 1. The number of benzene rings is 1. The molecule has 3 amide bonds. The molecule has 0 radical (unpaired) electrons. The van der Waals surface area contributed by atoms with E-state index in [-0.39, 0.29) is 18.2 Å². The molecule has 1 rings (SSSR count). The number of nitrogens with one attached hydrogen (secondary N) is 2. The van der Waals surface area contributed by atoms with E-state index in [0.29, 0.717) is 12.0 Å². The van der Waals surface area contributed by atoms with Crippen LogP contribution < -0.4 is 21.1 Å². The number of urea groups is 1. The van der Waals surface area contributed by atoms with Gasteiger partial charge in [-0.2, -0.15) is 0 Å². The van der Waals surface area contributed by atoms with Crippen molar-refractivity contribution in [3.8, 4) is 5.75 Å². The third-order valence-electron chi connectivity index (χ3n) is 3.42. The highest BCUT2D eigenvalue weighted by molar-refractivity contribution is 5.86. The van der Waals surface area contributed by atoms with E-state index >= 15 is 0 Å². The van der Waals surface area contributed by atoms with Crippen molar-refractivity contribution in [3.05, 3.63) is 29.8 Å². The molecule has 0 aliphatic heterocycles. The van der Waals surface area contributed by atoms with Crippen LogP contribution in [0.4, 0.5) is 18.0 Å².